The highest BCUT2D eigenvalue weighted by atomic mass is 16.5. The molecular weight excluding hydrogens is 652 g/mol. The highest BCUT2D eigenvalue weighted by Crippen LogP contribution is 2.34. The number of ether oxygens (including phenoxy) is 3. The van der Waals surface area contributed by atoms with Gasteiger partial charge in [0, 0.05) is 0 Å². The molecule has 0 aliphatic heterocycles. The molecule has 0 bridgehead atoms. The number of carboxylic acids is 2. The van der Waals surface area contributed by atoms with Crippen LogP contribution in [0.1, 0.15) is 66.0 Å². The number of benzene rings is 4. The maximum atomic E-state index is 12.7. The topological polar surface area (TPSA) is 154 Å². The van der Waals surface area contributed by atoms with Crippen molar-refractivity contribution in [3.63, 3.8) is 0 Å². The van der Waals surface area contributed by atoms with Gasteiger partial charge in [0.05, 0.1) is 49.4 Å². The van der Waals surface area contributed by atoms with E-state index in [1.54, 1.807) is 98.8 Å². The molecule has 10 nitrogen and oxygen atoms in total. The molecule has 51 heavy (non-hydrogen) atoms. The van der Waals surface area contributed by atoms with E-state index in [1.807, 2.05) is 30.3 Å². The molecule has 0 aromatic heterocycles. The summed E-state index contributed by atoms with van der Waals surface area (Å²) in [4.78, 5) is 60.6. The molecule has 2 atom stereocenters. The molecule has 10 heteroatoms. The average molecular weight is 693 g/mol. The van der Waals surface area contributed by atoms with Crippen molar-refractivity contribution >= 4 is 52.6 Å². The third kappa shape index (κ3) is 10.1. The molecule has 2 unspecified atom stereocenters. The van der Waals surface area contributed by atoms with Crippen LogP contribution in [0.2, 0.25) is 0 Å². The molecule has 0 amide bonds. The van der Waals surface area contributed by atoms with Crippen LogP contribution < -0.4 is 0 Å². The van der Waals surface area contributed by atoms with Crippen molar-refractivity contribution < 1.29 is 48.4 Å². The number of carbonyl (C=O) groups excluding carboxylic acids is 3. The predicted molar refractivity (Wildman–Crippen MR) is 193 cm³/mol. The normalized spacial score (nSPS) is 12.5. The van der Waals surface area contributed by atoms with Crippen LogP contribution in [0.3, 0.4) is 0 Å². The van der Waals surface area contributed by atoms with E-state index in [-0.39, 0.29) is 17.8 Å². The third-order valence-electron chi connectivity index (χ3n) is 7.85. The number of hydrogen-bond donors (Lipinski definition) is 2. The molecule has 0 saturated heterocycles. The molecule has 0 saturated carbocycles. The molecule has 0 aliphatic carbocycles. The standard InChI is InChI=1S/C21H20O6.C20H20O4/c1-13(19(22)23)15-11-7-8-12-16(15)18(21(25)27-3)17(20(24)26-2)14-9-5-4-6-10-14;1-3-24-20(23)18(13-15-9-5-4-6-10-15)17-12-8-7-11-16(17)14(2)19(21)22/h4-13H,1-3H3,(H,22,23);4-14H,3H2,1-2H3,(H,21,22)/b18-17+;18-13+. The maximum absolute atomic E-state index is 12.7. The van der Waals surface area contributed by atoms with Crippen LogP contribution in [0, 0.1) is 0 Å². The fourth-order valence-electron chi connectivity index (χ4n) is 5.18. The van der Waals surface area contributed by atoms with Crippen molar-refractivity contribution in [2.24, 2.45) is 0 Å². The van der Waals surface area contributed by atoms with Gasteiger partial charge in [0.15, 0.2) is 0 Å². The summed E-state index contributed by atoms with van der Waals surface area (Å²) in [5.74, 6) is -5.56. The zero-order chi connectivity index (χ0) is 37.5. The fourth-order valence-corrected chi connectivity index (χ4v) is 5.18. The minimum atomic E-state index is -1.05. The van der Waals surface area contributed by atoms with Gasteiger partial charge >= 0.3 is 29.8 Å². The Hall–Kier alpha value is -6.29. The van der Waals surface area contributed by atoms with Crippen LogP contribution in [0.5, 0.6) is 0 Å². The van der Waals surface area contributed by atoms with Gasteiger partial charge in [-0.05, 0) is 60.2 Å². The third-order valence-corrected chi connectivity index (χ3v) is 7.85. The second-order valence-corrected chi connectivity index (χ2v) is 11.1. The van der Waals surface area contributed by atoms with Gasteiger partial charge in [0.25, 0.3) is 0 Å². The van der Waals surface area contributed by atoms with Crippen LogP contribution in [0.25, 0.3) is 22.8 Å². The van der Waals surface area contributed by atoms with Crippen molar-refractivity contribution in [3.8, 4) is 0 Å². The zero-order valence-corrected chi connectivity index (χ0v) is 29.0. The van der Waals surface area contributed by atoms with E-state index in [0.717, 1.165) is 5.56 Å². The lowest BCUT2D eigenvalue weighted by molar-refractivity contribution is -0.139. The predicted octanol–water partition coefficient (Wildman–Crippen LogP) is 7.11. The number of methoxy groups -OCH3 is 2. The van der Waals surface area contributed by atoms with Gasteiger partial charge in [-0.3, -0.25) is 9.59 Å². The minimum absolute atomic E-state index is 0.00925. The van der Waals surface area contributed by atoms with Crippen LogP contribution >= 0.6 is 0 Å². The van der Waals surface area contributed by atoms with Gasteiger partial charge in [0.2, 0.25) is 0 Å². The van der Waals surface area contributed by atoms with E-state index in [4.69, 9.17) is 14.2 Å². The first-order chi connectivity index (χ1) is 24.5. The van der Waals surface area contributed by atoms with Gasteiger partial charge < -0.3 is 24.4 Å². The molecule has 4 rings (SSSR count). The van der Waals surface area contributed by atoms with Crippen molar-refractivity contribution in [1.82, 2.24) is 0 Å². The number of hydrogen-bond acceptors (Lipinski definition) is 8. The van der Waals surface area contributed by atoms with Crippen LogP contribution in [-0.2, 0) is 38.2 Å². The number of carbonyl (C=O) groups is 5. The van der Waals surface area contributed by atoms with Crippen molar-refractivity contribution in [3.05, 3.63) is 143 Å². The summed E-state index contributed by atoms with van der Waals surface area (Å²) in [6.07, 6.45) is 1.73. The molecule has 0 aliphatic rings. The second-order valence-electron chi connectivity index (χ2n) is 11.1. The summed E-state index contributed by atoms with van der Waals surface area (Å²) >= 11 is 0. The van der Waals surface area contributed by atoms with E-state index in [1.165, 1.54) is 21.1 Å². The number of esters is 3. The van der Waals surface area contributed by atoms with Gasteiger partial charge in [-0.1, -0.05) is 109 Å². The quantitative estimate of drug-likeness (QED) is 0.0680. The fraction of sp³-hybridized carbons (Fsp3) is 0.195. The Morgan fingerprint density at radius 2 is 1.02 bits per heavy atom. The first-order valence-corrected chi connectivity index (χ1v) is 16.0. The molecule has 264 valence electrons. The van der Waals surface area contributed by atoms with Crippen LogP contribution in [0.4, 0.5) is 0 Å². The first kappa shape index (κ1) is 39.2. The number of aliphatic carboxylic acids is 2. The van der Waals surface area contributed by atoms with Crippen LogP contribution in [-0.4, -0.2) is 60.9 Å². The largest absolute Gasteiger partial charge is 0.481 e. The number of rotatable bonds is 12. The molecule has 0 fully saturated rings. The Morgan fingerprint density at radius 1 is 0.588 bits per heavy atom. The summed E-state index contributed by atoms with van der Waals surface area (Å²) in [6.45, 7) is 5.11. The summed E-state index contributed by atoms with van der Waals surface area (Å²) in [5.41, 5.74) is 3.49. The molecular formula is C41H40O10. The highest BCUT2D eigenvalue weighted by molar-refractivity contribution is 6.37. The smallest absolute Gasteiger partial charge is 0.339 e. The van der Waals surface area contributed by atoms with Gasteiger partial charge in [-0.25, -0.2) is 14.4 Å². The van der Waals surface area contributed by atoms with E-state index < -0.39 is 41.7 Å². The molecule has 4 aromatic carbocycles. The molecule has 0 heterocycles. The summed E-state index contributed by atoms with van der Waals surface area (Å²) < 4.78 is 15.0. The average Bonchev–Trinajstić information content (AvgIpc) is 3.15. The van der Waals surface area contributed by atoms with E-state index in [2.05, 4.69) is 0 Å². The summed E-state index contributed by atoms with van der Waals surface area (Å²) in [5, 5.41) is 18.8. The molecule has 0 spiro atoms. The Morgan fingerprint density at radius 3 is 1.51 bits per heavy atom. The summed E-state index contributed by atoms with van der Waals surface area (Å²) in [7, 11) is 2.41. The van der Waals surface area contributed by atoms with Gasteiger partial charge in [0.1, 0.15) is 0 Å². The minimum Gasteiger partial charge on any atom is -0.481 e. The molecule has 2 N–H and O–H groups in total. The van der Waals surface area contributed by atoms with Gasteiger partial charge in [-0.15, -0.1) is 0 Å². The Kier molecular flexibility index (Phi) is 14.6. The van der Waals surface area contributed by atoms with Crippen LogP contribution in [0.15, 0.2) is 109 Å². The number of carboxylic acid groups (broad SMARTS) is 2. The Labute approximate surface area is 296 Å². The monoisotopic (exact) mass is 692 g/mol. The van der Waals surface area contributed by atoms with Crippen molar-refractivity contribution in [2.75, 3.05) is 20.8 Å². The zero-order valence-electron chi connectivity index (χ0n) is 29.0. The van der Waals surface area contributed by atoms with E-state index >= 15 is 0 Å². The lowest BCUT2D eigenvalue weighted by Gasteiger charge is -2.18. The summed E-state index contributed by atoms with van der Waals surface area (Å²) in [6, 6.07) is 31.5. The van der Waals surface area contributed by atoms with Crippen molar-refractivity contribution in [1.29, 1.82) is 0 Å². The van der Waals surface area contributed by atoms with Crippen molar-refractivity contribution in [2.45, 2.75) is 32.6 Å². The lowest BCUT2D eigenvalue weighted by atomic mass is 9.87. The Balaban J connectivity index is 0.000000277. The SMILES string of the molecule is CCOC(=O)/C(=C/c1ccccc1)c1ccccc1C(C)C(=O)O.COC(=O)/C(=C(/C(=O)OC)c1ccccc1C(C)C(=O)O)c1ccccc1. The molecule has 0 radical (unpaired) electrons. The molecule has 4 aromatic rings. The Bertz CT molecular complexity index is 1910. The van der Waals surface area contributed by atoms with E-state index in [0.29, 0.717) is 33.4 Å². The maximum Gasteiger partial charge on any atom is 0.339 e. The van der Waals surface area contributed by atoms with Gasteiger partial charge in [-0.2, -0.15) is 0 Å². The first-order valence-electron chi connectivity index (χ1n) is 16.0. The lowest BCUT2D eigenvalue weighted by Crippen LogP contribution is -2.16. The van der Waals surface area contributed by atoms with E-state index in [9.17, 15) is 34.2 Å². The second kappa shape index (κ2) is 19.0. The highest BCUT2D eigenvalue weighted by Gasteiger charge is 2.29.